The Balaban J connectivity index is 1.68. The molecule has 1 aromatic rings. The Labute approximate surface area is 135 Å². The minimum absolute atomic E-state index is 0.297. The second-order valence-electron chi connectivity index (χ2n) is 6.71. The number of rotatable bonds is 3. The number of nitrogens with two attached hydrogens (primary N) is 1. The average molecular weight is 354 g/mol. The van der Waals surface area contributed by atoms with Gasteiger partial charge >= 0.3 is 0 Å². The van der Waals surface area contributed by atoms with Crippen molar-refractivity contribution in [1.82, 2.24) is 0 Å². The van der Waals surface area contributed by atoms with Gasteiger partial charge in [0.05, 0.1) is 0 Å². The number of halogens is 1. The van der Waals surface area contributed by atoms with E-state index in [0.717, 1.165) is 11.0 Å². The number of hydrogen-bond acceptors (Lipinski definition) is 2. The highest BCUT2D eigenvalue weighted by Crippen LogP contribution is 2.62. The summed E-state index contributed by atoms with van der Waals surface area (Å²) in [4.78, 5) is 1.35. The third-order valence-corrected chi connectivity index (χ3v) is 6.93. The van der Waals surface area contributed by atoms with E-state index in [1.54, 1.807) is 0 Å². The number of benzene rings is 1. The molecule has 3 heteroatoms. The zero-order chi connectivity index (χ0) is 14.1. The second-order valence-corrected chi connectivity index (χ2v) is 9.17. The number of hydrogen-bond donors (Lipinski definition) is 1. The molecule has 3 rings (SSSR count). The predicted octanol–water partition coefficient (Wildman–Crippen LogP) is 5.37. The molecule has 2 saturated carbocycles. The third kappa shape index (κ3) is 3.10. The Morgan fingerprint density at radius 1 is 1.10 bits per heavy atom. The van der Waals surface area contributed by atoms with Gasteiger partial charge in [0.2, 0.25) is 0 Å². The maximum Gasteiger partial charge on any atom is 0.0339 e. The van der Waals surface area contributed by atoms with Crippen LogP contribution in [0.3, 0.4) is 0 Å². The van der Waals surface area contributed by atoms with Crippen molar-refractivity contribution in [2.45, 2.75) is 61.0 Å². The molecule has 0 heterocycles. The summed E-state index contributed by atoms with van der Waals surface area (Å²) < 4.78 is 1.46. The van der Waals surface area contributed by atoms with Crippen LogP contribution in [-0.4, -0.2) is 11.3 Å². The average Bonchev–Trinajstić information content (AvgIpc) is 2.63. The van der Waals surface area contributed by atoms with E-state index >= 15 is 0 Å². The van der Waals surface area contributed by atoms with Crippen LogP contribution in [0.1, 0.15) is 51.4 Å². The topological polar surface area (TPSA) is 26.0 Å². The summed E-state index contributed by atoms with van der Waals surface area (Å²) in [5, 5.41) is 0. The highest BCUT2D eigenvalue weighted by Gasteiger charge is 2.53. The normalized spacial score (nSPS) is 24.1. The molecule has 1 nitrogen and oxygen atoms in total. The highest BCUT2D eigenvalue weighted by molar-refractivity contribution is 9.10. The molecular formula is C17H24BrNS. The van der Waals surface area contributed by atoms with E-state index < -0.39 is 0 Å². The molecule has 0 bridgehead atoms. The first-order valence-electron chi connectivity index (χ1n) is 7.80. The molecule has 2 N–H and O–H groups in total. The van der Waals surface area contributed by atoms with Crippen molar-refractivity contribution in [1.29, 1.82) is 0 Å². The molecule has 0 aromatic heterocycles. The smallest absolute Gasteiger partial charge is 0.0339 e. The summed E-state index contributed by atoms with van der Waals surface area (Å²) in [6, 6.07) is 8.65. The van der Waals surface area contributed by atoms with Gasteiger partial charge in [0.15, 0.2) is 0 Å². The van der Waals surface area contributed by atoms with Crippen LogP contribution in [-0.2, 0) is 0 Å². The molecule has 110 valence electrons. The third-order valence-electron chi connectivity index (χ3n) is 5.06. The molecule has 0 radical (unpaired) electrons. The SMILES string of the molecule is NCC1(Sc2cccc(Br)c2)CC2(CCCCCC2)C1. The van der Waals surface area contributed by atoms with Crippen LogP contribution in [0, 0.1) is 5.41 Å². The summed E-state index contributed by atoms with van der Waals surface area (Å²) in [5.41, 5.74) is 6.78. The zero-order valence-electron chi connectivity index (χ0n) is 12.0. The maximum absolute atomic E-state index is 6.15. The standard InChI is InChI=1S/C17H24BrNS/c18-14-6-5-7-15(10-14)20-17(13-19)11-16(12-17)8-3-1-2-4-9-16/h5-7,10H,1-4,8-9,11-13,19H2. The van der Waals surface area contributed by atoms with Gasteiger partial charge in [0.25, 0.3) is 0 Å². The van der Waals surface area contributed by atoms with Crippen molar-refractivity contribution in [3.8, 4) is 0 Å². The Morgan fingerprint density at radius 3 is 2.40 bits per heavy atom. The lowest BCUT2D eigenvalue weighted by atomic mass is 9.58. The Bertz CT molecular complexity index is 458. The summed E-state index contributed by atoms with van der Waals surface area (Å²) in [6.07, 6.45) is 11.3. The summed E-state index contributed by atoms with van der Waals surface area (Å²) >= 11 is 5.58. The van der Waals surface area contributed by atoms with Crippen LogP contribution in [0.4, 0.5) is 0 Å². The van der Waals surface area contributed by atoms with Crippen LogP contribution < -0.4 is 5.73 Å². The lowest BCUT2D eigenvalue weighted by molar-refractivity contribution is 0.0659. The van der Waals surface area contributed by atoms with E-state index in [2.05, 4.69) is 40.2 Å². The summed E-state index contributed by atoms with van der Waals surface area (Å²) in [6.45, 7) is 0.811. The van der Waals surface area contributed by atoms with Gasteiger partial charge in [-0.25, -0.2) is 0 Å². The fraction of sp³-hybridized carbons (Fsp3) is 0.647. The van der Waals surface area contributed by atoms with Crippen LogP contribution in [0.25, 0.3) is 0 Å². The van der Waals surface area contributed by atoms with Crippen LogP contribution >= 0.6 is 27.7 Å². The van der Waals surface area contributed by atoms with Gasteiger partial charge < -0.3 is 5.73 Å². The first kappa shape index (κ1) is 14.9. The molecule has 0 unspecified atom stereocenters. The molecule has 2 aliphatic carbocycles. The molecule has 2 aliphatic rings. The van der Waals surface area contributed by atoms with Crippen LogP contribution in [0.15, 0.2) is 33.6 Å². The molecule has 20 heavy (non-hydrogen) atoms. The summed E-state index contributed by atoms with van der Waals surface area (Å²) in [5.74, 6) is 0. The van der Waals surface area contributed by atoms with Crippen molar-refractivity contribution in [2.75, 3.05) is 6.54 Å². The van der Waals surface area contributed by atoms with E-state index in [-0.39, 0.29) is 0 Å². The fourth-order valence-electron chi connectivity index (χ4n) is 4.19. The largest absolute Gasteiger partial charge is 0.329 e. The first-order valence-corrected chi connectivity index (χ1v) is 9.41. The lowest BCUT2D eigenvalue weighted by Gasteiger charge is -2.56. The molecule has 0 amide bonds. The molecule has 1 spiro atoms. The molecule has 0 aliphatic heterocycles. The van der Waals surface area contributed by atoms with Gasteiger partial charge in [0, 0.05) is 20.7 Å². The van der Waals surface area contributed by atoms with Gasteiger partial charge in [-0.3, -0.25) is 0 Å². The van der Waals surface area contributed by atoms with Crippen molar-refractivity contribution in [3.63, 3.8) is 0 Å². The van der Waals surface area contributed by atoms with Crippen LogP contribution in [0.5, 0.6) is 0 Å². The monoisotopic (exact) mass is 353 g/mol. The van der Waals surface area contributed by atoms with Crippen molar-refractivity contribution >= 4 is 27.7 Å². The second kappa shape index (κ2) is 6.02. The van der Waals surface area contributed by atoms with E-state index in [1.165, 1.54) is 56.3 Å². The lowest BCUT2D eigenvalue weighted by Crippen LogP contribution is -2.53. The van der Waals surface area contributed by atoms with Crippen LogP contribution in [0.2, 0.25) is 0 Å². The van der Waals surface area contributed by atoms with Gasteiger partial charge in [-0.05, 0) is 49.3 Å². The quantitative estimate of drug-likeness (QED) is 0.789. The highest BCUT2D eigenvalue weighted by atomic mass is 79.9. The van der Waals surface area contributed by atoms with Crippen molar-refractivity contribution in [2.24, 2.45) is 11.1 Å². The van der Waals surface area contributed by atoms with E-state index in [4.69, 9.17) is 5.73 Å². The maximum atomic E-state index is 6.15. The van der Waals surface area contributed by atoms with E-state index in [0.29, 0.717) is 10.2 Å². The Hall–Kier alpha value is 0.01000. The molecule has 0 saturated heterocycles. The van der Waals surface area contributed by atoms with E-state index in [9.17, 15) is 0 Å². The van der Waals surface area contributed by atoms with Gasteiger partial charge in [0.1, 0.15) is 0 Å². The number of thioether (sulfide) groups is 1. The molecular weight excluding hydrogens is 330 g/mol. The molecule has 1 aromatic carbocycles. The zero-order valence-corrected chi connectivity index (χ0v) is 14.4. The molecule has 0 atom stereocenters. The minimum Gasteiger partial charge on any atom is -0.329 e. The molecule has 2 fully saturated rings. The summed E-state index contributed by atoms with van der Waals surface area (Å²) in [7, 11) is 0. The van der Waals surface area contributed by atoms with Gasteiger partial charge in [-0.2, -0.15) is 0 Å². The van der Waals surface area contributed by atoms with E-state index in [1.807, 2.05) is 11.8 Å². The minimum atomic E-state index is 0.297. The Morgan fingerprint density at radius 2 is 1.80 bits per heavy atom. The van der Waals surface area contributed by atoms with Gasteiger partial charge in [-0.1, -0.05) is 47.7 Å². The Kier molecular flexibility index (Phi) is 4.49. The van der Waals surface area contributed by atoms with Crippen molar-refractivity contribution < 1.29 is 0 Å². The predicted molar refractivity (Wildman–Crippen MR) is 91.2 cm³/mol. The first-order chi connectivity index (χ1) is 9.65. The van der Waals surface area contributed by atoms with Gasteiger partial charge in [-0.15, -0.1) is 11.8 Å². The van der Waals surface area contributed by atoms with Crippen molar-refractivity contribution in [3.05, 3.63) is 28.7 Å². The fourth-order valence-corrected chi connectivity index (χ4v) is 6.41.